The van der Waals surface area contributed by atoms with Gasteiger partial charge in [0, 0.05) is 10.6 Å². The number of hydrogen-bond acceptors (Lipinski definition) is 3. The molecule has 1 aromatic rings. The van der Waals surface area contributed by atoms with Crippen LogP contribution < -0.4 is 5.48 Å². The van der Waals surface area contributed by atoms with Gasteiger partial charge in [-0.1, -0.05) is 11.6 Å². The Kier molecular flexibility index (Phi) is 4.08. The Morgan fingerprint density at radius 2 is 1.93 bits per heavy atom. The minimum atomic E-state index is -1.16. The molecule has 0 aliphatic carbocycles. The molecule has 15 heavy (non-hydrogen) atoms. The monoisotopic (exact) mass is 229 g/mol. The minimum absolute atomic E-state index is 0.338. The molecule has 0 saturated carbocycles. The molecule has 0 fully saturated rings. The standard InChI is InChI=1S/C9H8ClNO4/c10-7-3-1-6(2-4-7)9(14)11-15-5-8(12)13/h1-4H,5H2,(H,11,14)(H,12,13). The molecule has 0 radical (unpaired) electrons. The van der Waals surface area contributed by atoms with Crippen LogP contribution in [0.3, 0.4) is 0 Å². The summed E-state index contributed by atoms with van der Waals surface area (Å²) in [5.41, 5.74) is 2.32. The van der Waals surface area contributed by atoms with E-state index in [1.165, 1.54) is 12.1 Å². The van der Waals surface area contributed by atoms with E-state index in [9.17, 15) is 9.59 Å². The Morgan fingerprint density at radius 1 is 1.33 bits per heavy atom. The molecule has 0 atom stereocenters. The molecule has 0 aromatic heterocycles. The zero-order valence-electron chi connectivity index (χ0n) is 7.57. The Balaban J connectivity index is 2.47. The molecule has 1 aromatic carbocycles. The molecule has 0 aliphatic heterocycles. The van der Waals surface area contributed by atoms with Gasteiger partial charge in [0.2, 0.25) is 0 Å². The van der Waals surface area contributed by atoms with Crippen LogP contribution in [0.2, 0.25) is 5.02 Å². The predicted octanol–water partition coefficient (Wildman–Crippen LogP) is 1.09. The summed E-state index contributed by atoms with van der Waals surface area (Å²) in [5.74, 6) is -1.68. The third-order valence-corrected chi connectivity index (χ3v) is 1.72. The summed E-state index contributed by atoms with van der Waals surface area (Å²) in [6, 6.07) is 6.10. The van der Waals surface area contributed by atoms with Gasteiger partial charge < -0.3 is 5.11 Å². The SMILES string of the molecule is O=C(O)CONC(=O)c1ccc(Cl)cc1. The molecule has 5 nitrogen and oxygen atoms in total. The Bertz CT molecular complexity index is 363. The minimum Gasteiger partial charge on any atom is -0.479 e. The quantitative estimate of drug-likeness (QED) is 0.758. The number of hydroxylamine groups is 1. The van der Waals surface area contributed by atoms with Crippen molar-refractivity contribution in [3.8, 4) is 0 Å². The van der Waals surface area contributed by atoms with Crippen molar-refractivity contribution in [1.29, 1.82) is 0 Å². The highest BCUT2D eigenvalue weighted by molar-refractivity contribution is 6.30. The molecule has 0 saturated heterocycles. The zero-order valence-corrected chi connectivity index (χ0v) is 8.32. The van der Waals surface area contributed by atoms with Gasteiger partial charge in [0.25, 0.3) is 5.91 Å². The fourth-order valence-corrected chi connectivity index (χ4v) is 0.950. The number of halogens is 1. The molecule has 1 amide bonds. The fourth-order valence-electron chi connectivity index (χ4n) is 0.824. The van der Waals surface area contributed by atoms with Gasteiger partial charge in [-0.15, -0.1) is 0 Å². The normalized spacial score (nSPS) is 9.67. The molecular weight excluding hydrogens is 222 g/mol. The molecule has 2 N–H and O–H groups in total. The molecular formula is C9H8ClNO4. The van der Waals surface area contributed by atoms with Crippen LogP contribution in [-0.2, 0) is 9.63 Å². The van der Waals surface area contributed by atoms with Crippen LogP contribution in [0.1, 0.15) is 10.4 Å². The van der Waals surface area contributed by atoms with Crippen molar-refractivity contribution in [3.05, 3.63) is 34.9 Å². The molecule has 0 aliphatic rings. The van der Waals surface area contributed by atoms with Crippen LogP contribution in [0.25, 0.3) is 0 Å². The average Bonchev–Trinajstić information content (AvgIpc) is 2.18. The molecule has 0 heterocycles. The molecule has 1 rings (SSSR count). The number of nitrogens with one attached hydrogen (secondary N) is 1. The van der Waals surface area contributed by atoms with E-state index in [2.05, 4.69) is 4.84 Å². The van der Waals surface area contributed by atoms with Gasteiger partial charge in [-0.25, -0.2) is 10.3 Å². The van der Waals surface area contributed by atoms with Crippen molar-refractivity contribution >= 4 is 23.5 Å². The highest BCUT2D eigenvalue weighted by atomic mass is 35.5. The van der Waals surface area contributed by atoms with E-state index < -0.39 is 18.5 Å². The van der Waals surface area contributed by atoms with Crippen molar-refractivity contribution in [2.75, 3.05) is 6.61 Å². The molecule has 0 unspecified atom stereocenters. The number of amides is 1. The number of benzene rings is 1. The van der Waals surface area contributed by atoms with Crippen LogP contribution in [-0.4, -0.2) is 23.6 Å². The third-order valence-electron chi connectivity index (χ3n) is 1.47. The molecule has 80 valence electrons. The van der Waals surface area contributed by atoms with Crippen molar-refractivity contribution < 1.29 is 19.5 Å². The second-order valence-electron chi connectivity index (χ2n) is 2.62. The van der Waals surface area contributed by atoms with Crippen molar-refractivity contribution in [1.82, 2.24) is 5.48 Å². The van der Waals surface area contributed by atoms with E-state index in [0.29, 0.717) is 10.6 Å². The summed E-state index contributed by atoms with van der Waals surface area (Å²) in [4.78, 5) is 25.7. The van der Waals surface area contributed by atoms with Gasteiger partial charge >= 0.3 is 5.97 Å². The molecule has 0 bridgehead atoms. The van der Waals surface area contributed by atoms with Gasteiger partial charge in [0.1, 0.15) is 0 Å². The van der Waals surface area contributed by atoms with Gasteiger partial charge in [-0.3, -0.25) is 9.63 Å². The van der Waals surface area contributed by atoms with E-state index in [-0.39, 0.29) is 0 Å². The highest BCUT2D eigenvalue weighted by Crippen LogP contribution is 2.09. The van der Waals surface area contributed by atoms with E-state index >= 15 is 0 Å². The number of carboxylic acids is 1. The highest BCUT2D eigenvalue weighted by Gasteiger charge is 2.05. The lowest BCUT2D eigenvalue weighted by molar-refractivity contribution is -0.144. The van der Waals surface area contributed by atoms with E-state index in [4.69, 9.17) is 16.7 Å². The van der Waals surface area contributed by atoms with Crippen LogP contribution in [0.15, 0.2) is 24.3 Å². The second-order valence-corrected chi connectivity index (χ2v) is 3.06. The Hall–Kier alpha value is -1.59. The van der Waals surface area contributed by atoms with Gasteiger partial charge in [0.15, 0.2) is 6.61 Å². The number of carbonyl (C=O) groups is 2. The second kappa shape index (κ2) is 5.33. The number of carboxylic acid groups (broad SMARTS) is 1. The van der Waals surface area contributed by atoms with Crippen LogP contribution >= 0.6 is 11.6 Å². The molecule has 0 spiro atoms. The summed E-state index contributed by atoms with van der Waals surface area (Å²) in [6.45, 7) is -0.584. The summed E-state index contributed by atoms with van der Waals surface area (Å²) < 4.78 is 0. The lowest BCUT2D eigenvalue weighted by Crippen LogP contribution is -2.26. The van der Waals surface area contributed by atoms with Gasteiger partial charge in [-0.05, 0) is 24.3 Å². The first-order valence-electron chi connectivity index (χ1n) is 3.99. The van der Waals surface area contributed by atoms with Gasteiger partial charge in [-0.2, -0.15) is 0 Å². The number of rotatable bonds is 4. The number of hydrogen-bond donors (Lipinski definition) is 2. The first-order valence-corrected chi connectivity index (χ1v) is 4.37. The fraction of sp³-hybridized carbons (Fsp3) is 0.111. The maximum atomic E-state index is 11.3. The van der Waals surface area contributed by atoms with Crippen LogP contribution in [0.5, 0.6) is 0 Å². The van der Waals surface area contributed by atoms with Crippen molar-refractivity contribution in [2.45, 2.75) is 0 Å². The number of carbonyl (C=O) groups excluding carboxylic acids is 1. The summed E-state index contributed by atoms with van der Waals surface area (Å²) in [6.07, 6.45) is 0. The maximum Gasteiger partial charge on any atom is 0.332 e. The maximum absolute atomic E-state index is 11.3. The summed E-state index contributed by atoms with van der Waals surface area (Å²) >= 11 is 5.62. The Morgan fingerprint density at radius 3 is 2.47 bits per heavy atom. The lowest BCUT2D eigenvalue weighted by atomic mass is 10.2. The third kappa shape index (κ3) is 3.97. The smallest absolute Gasteiger partial charge is 0.332 e. The summed E-state index contributed by atoms with van der Waals surface area (Å²) in [7, 11) is 0. The van der Waals surface area contributed by atoms with Crippen LogP contribution in [0.4, 0.5) is 0 Å². The largest absolute Gasteiger partial charge is 0.479 e. The van der Waals surface area contributed by atoms with Crippen molar-refractivity contribution in [3.63, 3.8) is 0 Å². The Labute approximate surface area is 90.6 Å². The van der Waals surface area contributed by atoms with Crippen molar-refractivity contribution in [2.24, 2.45) is 0 Å². The van der Waals surface area contributed by atoms with E-state index in [0.717, 1.165) is 0 Å². The lowest BCUT2D eigenvalue weighted by Gasteiger charge is -2.03. The van der Waals surface area contributed by atoms with Gasteiger partial charge in [0.05, 0.1) is 0 Å². The zero-order chi connectivity index (χ0) is 11.3. The average molecular weight is 230 g/mol. The first kappa shape index (κ1) is 11.5. The van der Waals surface area contributed by atoms with Crippen LogP contribution in [0, 0.1) is 0 Å². The predicted molar refractivity (Wildman–Crippen MR) is 52.5 cm³/mol. The number of aliphatic carboxylic acids is 1. The first-order chi connectivity index (χ1) is 7.09. The van der Waals surface area contributed by atoms with E-state index in [1.54, 1.807) is 12.1 Å². The van der Waals surface area contributed by atoms with E-state index in [1.807, 2.05) is 5.48 Å². The summed E-state index contributed by atoms with van der Waals surface area (Å²) in [5, 5.41) is 8.75. The topological polar surface area (TPSA) is 75.6 Å². The molecule has 6 heteroatoms.